The van der Waals surface area contributed by atoms with Crippen molar-refractivity contribution in [3.8, 4) is 17.2 Å². The van der Waals surface area contributed by atoms with Crippen molar-refractivity contribution in [2.24, 2.45) is 5.41 Å². The van der Waals surface area contributed by atoms with Gasteiger partial charge in [-0.15, -0.1) is 0 Å². The minimum absolute atomic E-state index is 0.0572. The van der Waals surface area contributed by atoms with Crippen molar-refractivity contribution in [1.82, 2.24) is 0 Å². The van der Waals surface area contributed by atoms with Crippen LogP contribution < -0.4 is 14.2 Å². The van der Waals surface area contributed by atoms with E-state index in [1.807, 2.05) is 36.4 Å². The lowest BCUT2D eigenvalue weighted by Gasteiger charge is -2.41. The van der Waals surface area contributed by atoms with Gasteiger partial charge in [-0.2, -0.15) is 0 Å². The fourth-order valence-electron chi connectivity index (χ4n) is 10.6. The number of fused-ring (bicyclic) bond motifs is 2. The van der Waals surface area contributed by atoms with Crippen LogP contribution >= 0.6 is 0 Å². The summed E-state index contributed by atoms with van der Waals surface area (Å²) < 4.78 is 23.0. The summed E-state index contributed by atoms with van der Waals surface area (Å²) in [6.45, 7) is 33.0. The number of hydrogen-bond donors (Lipinski definition) is 0. The summed E-state index contributed by atoms with van der Waals surface area (Å²) in [6, 6.07) is 24.4. The monoisotopic (exact) mass is 999 g/mol. The van der Waals surface area contributed by atoms with Crippen LogP contribution in [0.4, 0.5) is 0 Å². The van der Waals surface area contributed by atoms with Crippen LogP contribution in [-0.4, -0.2) is 31.1 Å². The normalized spacial score (nSPS) is 16.6. The first kappa shape index (κ1) is 59.0. The van der Waals surface area contributed by atoms with Gasteiger partial charge in [0.25, 0.3) is 0 Å². The van der Waals surface area contributed by atoms with E-state index in [2.05, 4.69) is 140 Å². The van der Waals surface area contributed by atoms with E-state index >= 15 is 0 Å². The molecule has 0 spiro atoms. The van der Waals surface area contributed by atoms with E-state index in [1.54, 1.807) is 0 Å². The molecule has 73 heavy (non-hydrogen) atoms. The molecule has 0 fully saturated rings. The van der Waals surface area contributed by atoms with Crippen LogP contribution in [0, 0.1) is 19.3 Å². The van der Waals surface area contributed by atoms with E-state index in [9.17, 15) is 14.4 Å². The fourth-order valence-corrected chi connectivity index (χ4v) is 10.6. The van der Waals surface area contributed by atoms with Gasteiger partial charge in [0.1, 0.15) is 41.8 Å². The smallest absolute Gasteiger partial charge is 0.327 e. The Morgan fingerprint density at radius 2 is 1.15 bits per heavy atom. The highest BCUT2D eigenvalue weighted by atomic mass is 16.6. The number of rotatable bonds is 22. The van der Waals surface area contributed by atoms with Crippen molar-refractivity contribution in [2.75, 3.05) is 13.2 Å². The summed E-state index contributed by atoms with van der Waals surface area (Å²) >= 11 is 0. The number of carbonyl (C=O) groups is 3. The van der Waals surface area contributed by atoms with Gasteiger partial charge in [-0.05, 0) is 93.5 Å². The number of ether oxygens (including phenoxy) is 4. The summed E-state index contributed by atoms with van der Waals surface area (Å²) in [5.74, 6) is 1.05. The molecule has 7 heteroatoms. The lowest BCUT2D eigenvalue weighted by atomic mass is 9.57. The molecule has 7 nitrogen and oxygen atoms in total. The van der Waals surface area contributed by atoms with Crippen LogP contribution in [0.5, 0.6) is 17.2 Å². The van der Waals surface area contributed by atoms with E-state index in [4.69, 9.17) is 18.9 Å². The predicted molar refractivity (Wildman–Crippen MR) is 301 cm³/mol. The average molecular weight is 999 g/mol. The van der Waals surface area contributed by atoms with Gasteiger partial charge in [0.2, 0.25) is 0 Å². The van der Waals surface area contributed by atoms with E-state index in [0.29, 0.717) is 30.3 Å². The van der Waals surface area contributed by atoms with Crippen LogP contribution in [0.3, 0.4) is 0 Å². The second-order valence-electron chi connectivity index (χ2n) is 25.3. The van der Waals surface area contributed by atoms with E-state index in [0.717, 1.165) is 40.7 Å². The summed E-state index contributed by atoms with van der Waals surface area (Å²) in [4.78, 5) is 38.8. The Morgan fingerprint density at radius 1 is 0.589 bits per heavy atom. The Morgan fingerprint density at radius 3 is 1.67 bits per heavy atom. The van der Waals surface area contributed by atoms with Gasteiger partial charge < -0.3 is 18.9 Å². The van der Waals surface area contributed by atoms with Crippen molar-refractivity contribution >= 4 is 17.9 Å². The summed E-state index contributed by atoms with van der Waals surface area (Å²) in [6.07, 6.45) is 20.1. The molecule has 2 unspecified atom stereocenters. The van der Waals surface area contributed by atoms with Crippen molar-refractivity contribution < 1.29 is 33.3 Å². The molecule has 0 amide bonds. The van der Waals surface area contributed by atoms with Gasteiger partial charge in [0, 0.05) is 23.1 Å². The number of unbranched alkanes of at least 4 members (excludes halogenated alkanes) is 14. The third-order valence-electron chi connectivity index (χ3n) is 15.1. The van der Waals surface area contributed by atoms with Gasteiger partial charge in [-0.1, -0.05) is 234 Å². The lowest BCUT2D eigenvalue weighted by Crippen LogP contribution is -2.47. The molecule has 0 aliphatic carbocycles. The molecule has 400 valence electrons. The quantitative estimate of drug-likeness (QED) is 0.0440. The molecule has 0 aromatic heterocycles. The van der Waals surface area contributed by atoms with Crippen molar-refractivity contribution in [2.45, 2.75) is 234 Å². The maximum absolute atomic E-state index is 13.5. The molecule has 0 N–H and O–H groups in total. The van der Waals surface area contributed by atoms with E-state index in [1.165, 1.54) is 106 Å². The number of hydrogen-bond acceptors (Lipinski definition) is 7. The van der Waals surface area contributed by atoms with Crippen LogP contribution in [-0.2, 0) is 40.8 Å². The van der Waals surface area contributed by atoms with E-state index in [-0.39, 0.29) is 46.2 Å². The Bertz CT molecular complexity index is 2450. The Labute approximate surface area is 442 Å². The number of benzene rings is 4. The highest BCUT2D eigenvalue weighted by Crippen LogP contribution is 2.57. The lowest BCUT2D eigenvalue weighted by molar-refractivity contribution is -0.144. The number of aryl methyl sites for hydroxylation is 2. The molecular formula is C66H94O7. The first-order valence-electron chi connectivity index (χ1n) is 28.0. The maximum atomic E-state index is 13.5. The highest BCUT2D eigenvalue weighted by Gasteiger charge is 2.59. The van der Waals surface area contributed by atoms with Gasteiger partial charge in [-0.25, -0.2) is 0 Å². The first-order chi connectivity index (χ1) is 34.3. The molecule has 2 aliphatic heterocycles. The fraction of sp³-hybridized carbons (Fsp3) is 0.591. The van der Waals surface area contributed by atoms with Gasteiger partial charge >= 0.3 is 17.9 Å². The molecule has 0 radical (unpaired) electrons. The highest BCUT2D eigenvalue weighted by molar-refractivity contribution is 5.96. The minimum Gasteiger partial charge on any atom is -0.490 e. The van der Waals surface area contributed by atoms with Crippen molar-refractivity contribution in [3.05, 3.63) is 123 Å². The largest absolute Gasteiger partial charge is 0.490 e. The number of esters is 3. The third kappa shape index (κ3) is 15.1. The van der Waals surface area contributed by atoms with Crippen molar-refractivity contribution in [1.29, 1.82) is 0 Å². The zero-order valence-electron chi connectivity index (χ0n) is 48.1. The maximum Gasteiger partial charge on any atom is 0.327 e. The van der Waals surface area contributed by atoms with Gasteiger partial charge in [-0.3, -0.25) is 14.4 Å². The molecule has 4 aromatic carbocycles. The number of carbonyl (C=O) groups excluding carboxylic acids is 3. The summed E-state index contributed by atoms with van der Waals surface area (Å²) in [7, 11) is 0. The third-order valence-corrected chi connectivity index (χ3v) is 15.1. The zero-order valence-corrected chi connectivity index (χ0v) is 48.1. The Kier molecular flexibility index (Phi) is 20.6. The average Bonchev–Trinajstić information content (AvgIpc) is 3.82. The van der Waals surface area contributed by atoms with E-state index < -0.39 is 11.3 Å². The topological polar surface area (TPSA) is 88.1 Å². The molecule has 2 heterocycles. The van der Waals surface area contributed by atoms with Crippen molar-refractivity contribution in [3.63, 3.8) is 0 Å². The van der Waals surface area contributed by atoms with Crippen LogP contribution in [0.1, 0.15) is 249 Å². The second-order valence-corrected chi connectivity index (χ2v) is 25.3. The SMILES string of the molecule is CCCCCCCCCCCCCCCCCC(=O)OCCOc1ccc(C2C(=O)Oc3c2cc(C(C)(C)C)cc3C(C)(C)C)cc1.Cc1ccc(C2(C(C)(C)C)C(=O)Oc3cccc(C(C)(C)C)c32)cc1C. The van der Waals surface area contributed by atoms with Crippen LogP contribution in [0.25, 0.3) is 0 Å². The first-order valence-corrected chi connectivity index (χ1v) is 28.0. The second kappa shape index (κ2) is 25.6. The molecule has 2 aliphatic rings. The van der Waals surface area contributed by atoms with Crippen LogP contribution in [0.2, 0.25) is 0 Å². The van der Waals surface area contributed by atoms with Gasteiger partial charge in [0.05, 0.1) is 0 Å². The molecule has 0 bridgehead atoms. The standard InChI is InChI=1S/C42H64O5.C24H30O2/c1-8-9-10-11-12-13-14-15-16-17-18-19-20-21-22-23-37(43)46-29-28-45-34-26-24-32(25-27-34)38-35-30-33(41(2,3)4)31-36(42(5,6)7)39(35)47-40(38)44;1-15-12-13-17(14-16(15)2)24(23(6,7)8)20-18(22(3,4)5)10-9-11-19(20)26-21(24)25/h24-27,30-31,38H,8-23,28-29H2,1-7H3;9-14H,1-8H3. The summed E-state index contributed by atoms with van der Waals surface area (Å²) in [5, 5.41) is 0. The Hall–Kier alpha value is -4.91. The predicted octanol–water partition coefficient (Wildman–Crippen LogP) is 17.4. The Balaban J connectivity index is 0.000000318. The minimum atomic E-state index is -0.815. The molecule has 6 rings (SSSR count). The molecule has 0 saturated heterocycles. The van der Waals surface area contributed by atoms with Gasteiger partial charge in [0.15, 0.2) is 0 Å². The van der Waals surface area contributed by atoms with Crippen LogP contribution in [0.15, 0.2) is 72.8 Å². The molecule has 0 saturated carbocycles. The molecular weight excluding hydrogens is 905 g/mol. The zero-order chi connectivity index (χ0) is 53.8. The summed E-state index contributed by atoms with van der Waals surface area (Å²) in [5.41, 5.74) is 8.27. The molecule has 2 atom stereocenters. The molecule has 4 aromatic rings.